The minimum Gasteiger partial charge on any atom is -0.480 e. The van der Waals surface area contributed by atoms with Crippen LogP contribution >= 0.6 is 0 Å². The van der Waals surface area contributed by atoms with Gasteiger partial charge in [0.15, 0.2) is 5.76 Å². The molecule has 1 aliphatic heterocycles. The summed E-state index contributed by atoms with van der Waals surface area (Å²) in [6, 6.07) is 6.80. The molecule has 2 fully saturated rings. The van der Waals surface area contributed by atoms with Crippen molar-refractivity contribution in [2.75, 3.05) is 0 Å². The van der Waals surface area contributed by atoms with Crippen LogP contribution in [0, 0.1) is 12.8 Å². The van der Waals surface area contributed by atoms with Gasteiger partial charge in [-0.05, 0) is 43.7 Å². The van der Waals surface area contributed by atoms with E-state index in [1.807, 2.05) is 25.1 Å². The number of aryl methyl sites for hydroxylation is 1. The summed E-state index contributed by atoms with van der Waals surface area (Å²) in [5.41, 5.74) is 1.67. The summed E-state index contributed by atoms with van der Waals surface area (Å²) >= 11 is 0. The lowest BCUT2D eigenvalue weighted by molar-refractivity contribution is -0.141. The number of carboxylic acids is 1. The van der Waals surface area contributed by atoms with Gasteiger partial charge in [-0.25, -0.2) is 4.79 Å². The molecular weight excluding hydrogens is 306 g/mol. The number of rotatable bonds is 2. The standard InChI is InChI=1S/C19H21NO4/c1-11-5-4-7-13-10-16(24-17(11)13)18(21)20-14-8-3-2-6-12(14)9-15(20)19(22)23/h4-5,7,10,12,14-15H,2-3,6,8-9H2,1H3,(H,22,23). The van der Waals surface area contributed by atoms with Crippen LogP contribution in [0.1, 0.15) is 48.2 Å². The van der Waals surface area contributed by atoms with Crippen LogP contribution in [-0.2, 0) is 4.79 Å². The third kappa shape index (κ3) is 2.30. The van der Waals surface area contributed by atoms with E-state index < -0.39 is 12.0 Å². The average molecular weight is 327 g/mol. The minimum absolute atomic E-state index is 0.0293. The molecule has 1 saturated carbocycles. The Bertz CT molecular complexity index is 809. The van der Waals surface area contributed by atoms with Crippen LogP contribution < -0.4 is 0 Å². The van der Waals surface area contributed by atoms with Gasteiger partial charge in [0.05, 0.1) is 0 Å². The molecule has 4 rings (SSSR count). The molecule has 3 unspecified atom stereocenters. The number of amides is 1. The molecule has 5 heteroatoms. The van der Waals surface area contributed by atoms with E-state index in [0.29, 0.717) is 17.9 Å². The summed E-state index contributed by atoms with van der Waals surface area (Å²) in [4.78, 5) is 26.3. The molecule has 2 heterocycles. The van der Waals surface area contributed by atoms with Crippen LogP contribution in [0.4, 0.5) is 0 Å². The van der Waals surface area contributed by atoms with E-state index >= 15 is 0 Å². The summed E-state index contributed by atoms with van der Waals surface area (Å²) in [7, 11) is 0. The number of para-hydroxylation sites is 1. The highest BCUT2D eigenvalue weighted by atomic mass is 16.4. The van der Waals surface area contributed by atoms with Crippen LogP contribution in [0.5, 0.6) is 0 Å². The quantitative estimate of drug-likeness (QED) is 0.915. The number of aliphatic carboxylic acids is 1. The maximum Gasteiger partial charge on any atom is 0.326 e. The van der Waals surface area contributed by atoms with Crippen molar-refractivity contribution in [1.82, 2.24) is 4.90 Å². The maximum absolute atomic E-state index is 13.1. The average Bonchev–Trinajstić information content (AvgIpc) is 3.16. The Balaban J connectivity index is 1.72. The van der Waals surface area contributed by atoms with Gasteiger partial charge in [-0.1, -0.05) is 31.0 Å². The molecular formula is C19H21NO4. The Hall–Kier alpha value is -2.30. The van der Waals surface area contributed by atoms with Crippen molar-refractivity contribution in [2.24, 2.45) is 5.92 Å². The van der Waals surface area contributed by atoms with Gasteiger partial charge in [0.25, 0.3) is 5.91 Å². The molecule has 0 spiro atoms. The van der Waals surface area contributed by atoms with Gasteiger partial charge in [-0.3, -0.25) is 4.79 Å². The monoisotopic (exact) mass is 327 g/mol. The van der Waals surface area contributed by atoms with Crippen molar-refractivity contribution in [3.63, 3.8) is 0 Å². The summed E-state index contributed by atoms with van der Waals surface area (Å²) in [5.74, 6) is -0.649. The Morgan fingerprint density at radius 1 is 1.25 bits per heavy atom. The Morgan fingerprint density at radius 3 is 2.79 bits per heavy atom. The molecule has 5 nitrogen and oxygen atoms in total. The second-order valence-electron chi connectivity index (χ2n) is 7.02. The molecule has 1 N–H and O–H groups in total. The van der Waals surface area contributed by atoms with E-state index in [2.05, 4.69) is 0 Å². The third-order valence-electron chi connectivity index (χ3n) is 5.56. The Labute approximate surface area is 140 Å². The summed E-state index contributed by atoms with van der Waals surface area (Å²) in [5, 5.41) is 10.5. The lowest BCUT2D eigenvalue weighted by atomic mass is 9.84. The summed E-state index contributed by atoms with van der Waals surface area (Å²) < 4.78 is 5.80. The highest BCUT2D eigenvalue weighted by molar-refractivity contribution is 5.99. The number of hydrogen-bond donors (Lipinski definition) is 1. The van der Waals surface area contributed by atoms with Crippen LogP contribution in [0.3, 0.4) is 0 Å². The Kier molecular flexibility index (Phi) is 3.59. The zero-order valence-electron chi connectivity index (χ0n) is 13.7. The molecule has 2 aliphatic rings. The van der Waals surface area contributed by atoms with E-state index in [4.69, 9.17) is 4.42 Å². The molecule has 1 aliphatic carbocycles. The van der Waals surface area contributed by atoms with E-state index in [-0.39, 0.29) is 17.7 Å². The van der Waals surface area contributed by atoms with Crippen molar-refractivity contribution in [2.45, 2.75) is 51.1 Å². The van der Waals surface area contributed by atoms with Gasteiger partial charge in [-0.2, -0.15) is 0 Å². The minimum atomic E-state index is -0.912. The molecule has 0 bridgehead atoms. The number of carbonyl (C=O) groups excluding carboxylic acids is 1. The zero-order valence-corrected chi connectivity index (χ0v) is 13.7. The van der Waals surface area contributed by atoms with E-state index in [9.17, 15) is 14.7 Å². The smallest absolute Gasteiger partial charge is 0.326 e. The first-order chi connectivity index (χ1) is 11.6. The van der Waals surface area contributed by atoms with Crippen molar-refractivity contribution in [1.29, 1.82) is 0 Å². The van der Waals surface area contributed by atoms with Crippen molar-refractivity contribution >= 4 is 22.8 Å². The largest absolute Gasteiger partial charge is 0.480 e. The molecule has 2 aromatic rings. The van der Waals surface area contributed by atoms with Crippen LogP contribution in [0.25, 0.3) is 11.0 Å². The summed E-state index contributed by atoms with van der Waals surface area (Å²) in [6.45, 7) is 1.94. The zero-order chi connectivity index (χ0) is 16.8. The number of furan rings is 1. The third-order valence-corrected chi connectivity index (χ3v) is 5.56. The molecule has 126 valence electrons. The number of carboxylic acid groups (broad SMARTS) is 1. The van der Waals surface area contributed by atoms with Gasteiger partial charge in [0.1, 0.15) is 11.6 Å². The first-order valence-electron chi connectivity index (χ1n) is 8.61. The van der Waals surface area contributed by atoms with Gasteiger partial charge < -0.3 is 14.4 Å². The first kappa shape index (κ1) is 15.2. The first-order valence-corrected chi connectivity index (χ1v) is 8.61. The SMILES string of the molecule is Cc1cccc2cc(C(=O)N3C(C(=O)O)CC4CCCCC43)oc12. The fourth-order valence-electron chi connectivity index (χ4n) is 4.41. The van der Waals surface area contributed by atoms with Crippen LogP contribution in [0.2, 0.25) is 0 Å². The second-order valence-corrected chi connectivity index (χ2v) is 7.02. The molecule has 3 atom stereocenters. The second kappa shape index (κ2) is 5.65. The number of nitrogens with zero attached hydrogens (tertiary/aromatic N) is 1. The fourth-order valence-corrected chi connectivity index (χ4v) is 4.41. The molecule has 1 saturated heterocycles. The van der Waals surface area contributed by atoms with Crippen molar-refractivity contribution < 1.29 is 19.1 Å². The van der Waals surface area contributed by atoms with Gasteiger partial charge in [0.2, 0.25) is 0 Å². The number of hydrogen-bond acceptors (Lipinski definition) is 3. The topological polar surface area (TPSA) is 70.8 Å². The molecule has 1 aromatic heterocycles. The highest BCUT2D eigenvalue weighted by Crippen LogP contribution is 2.41. The van der Waals surface area contributed by atoms with Crippen molar-refractivity contribution in [3.8, 4) is 0 Å². The predicted molar refractivity (Wildman–Crippen MR) is 88.9 cm³/mol. The van der Waals surface area contributed by atoms with E-state index in [0.717, 1.165) is 36.6 Å². The Morgan fingerprint density at radius 2 is 2.04 bits per heavy atom. The number of benzene rings is 1. The number of likely N-dealkylation sites (tertiary alicyclic amines) is 1. The van der Waals surface area contributed by atoms with Gasteiger partial charge >= 0.3 is 5.97 Å². The fraction of sp³-hybridized carbons (Fsp3) is 0.474. The number of fused-ring (bicyclic) bond motifs is 2. The van der Waals surface area contributed by atoms with Gasteiger partial charge in [0, 0.05) is 11.4 Å². The van der Waals surface area contributed by atoms with Crippen LogP contribution in [-0.4, -0.2) is 34.0 Å². The maximum atomic E-state index is 13.1. The van der Waals surface area contributed by atoms with E-state index in [1.54, 1.807) is 11.0 Å². The molecule has 0 radical (unpaired) electrons. The molecule has 1 aromatic carbocycles. The molecule has 1 amide bonds. The highest BCUT2D eigenvalue weighted by Gasteiger charge is 2.48. The van der Waals surface area contributed by atoms with Crippen LogP contribution in [0.15, 0.2) is 28.7 Å². The van der Waals surface area contributed by atoms with Crippen molar-refractivity contribution in [3.05, 3.63) is 35.6 Å². The summed E-state index contributed by atoms with van der Waals surface area (Å²) in [6.07, 6.45) is 4.64. The van der Waals surface area contributed by atoms with E-state index in [1.165, 1.54) is 0 Å². The number of carbonyl (C=O) groups is 2. The lowest BCUT2D eigenvalue weighted by Crippen LogP contribution is -2.46. The molecule has 24 heavy (non-hydrogen) atoms. The predicted octanol–water partition coefficient (Wildman–Crippen LogP) is 3.60. The normalized spacial score (nSPS) is 26.5. The van der Waals surface area contributed by atoms with Gasteiger partial charge in [-0.15, -0.1) is 0 Å². The lowest BCUT2D eigenvalue weighted by Gasteiger charge is -2.32.